The van der Waals surface area contributed by atoms with E-state index in [4.69, 9.17) is 4.52 Å². The minimum absolute atomic E-state index is 0.318. The third-order valence-electron chi connectivity index (χ3n) is 5.49. The number of hydrogen-bond donors (Lipinski definition) is 0. The summed E-state index contributed by atoms with van der Waals surface area (Å²) in [5.41, 5.74) is 0.953. The molecule has 2 aromatic rings. The van der Waals surface area contributed by atoms with Gasteiger partial charge in [-0.3, -0.25) is 9.69 Å². The zero-order valence-electron chi connectivity index (χ0n) is 15.1. The quantitative estimate of drug-likeness (QED) is 0.798. The first-order chi connectivity index (χ1) is 12.8. The van der Waals surface area contributed by atoms with Crippen LogP contribution in [0.25, 0.3) is 11.5 Å². The summed E-state index contributed by atoms with van der Waals surface area (Å²) in [6.07, 6.45) is 6.43. The Hall–Kier alpha value is -2.21. The van der Waals surface area contributed by atoms with E-state index >= 15 is 0 Å². The number of carbonyl (C=O) groups excluding carboxylic acids is 1. The first-order valence-corrected chi connectivity index (χ1v) is 9.69. The standard InChI is InChI=1S/C20H26N4O2/c25-19-10-6-13-23(19)14-11-17-9-4-5-12-24(17)15-18-21-20(26-22-18)16-7-2-1-3-8-16/h1-3,7-8,17H,4-6,9-15H2/t17-/m0/s1. The molecule has 2 saturated heterocycles. The topological polar surface area (TPSA) is 62.5 Å². The van der Waals surface area contributed by atoms with Gasteiger partial charge in [0.25, 0.3) is 5.89 Å². The fourth-order valence-corrected chi connectivity index (χ4v) is 4.04. The maximum Gasteiger partial charge on any atom is 0.257 e. The zero-order valence-corrected chi connectivity index (χ0v) is 15.1. The molecule has 6 nitrogen and oxygen atoms in total. The lowest BCUT2D eigenvalue weighted by Gasteiger charge is -2.35. The van der Waals surface area contributed by atoms with Crippen molar-refractivity contribution in [1.29, 1.82) is 0 Å². The molecule has 26 heavy (non-hydrogen) atoms. The van der Waals surface area contributed by atoms with Crippen LogP contribution in [0, 0.1) is 0 Å². The summed E-state index contributed by atoms with van der Waals surface area (Å²) in [5.74, 6) is 1.64. The fourth-order valence-electron chi connectivity index (χ4n) is 4.04. The molecule has 0 saturated carbocycles. The molecule has 4 rings (SSSR count). The van der Waals surface area contributed by atoms with Gasteiger partial charge in [0, 0.05) is 31.1 Å². The van der Waals surface area contributed by atoms with Gasteiger partial charge < -0.3 is 9.42 Å². The van der Waals surface area contributed by atoms with E-state index in [1.165, 1.54) is 19.3 Å². The summed E-state index contributed by atoms with van der Waals surface area (Å²) < 4.78 is 5.44. The van der Waals surface area contributed by atoms with E-state index in [2.05, 4.69) is 15.0 Å². The molecule has 0 aliphatic carbocycles. The fraction of sp³-hybridized carbons (Fsp3) is 0.550. The van der Waals surface area contributed by atoms with Crippen LogP contribution in [0.2, 0.25) is 0 Å². The highest BCUT2D eigenvalue weighted by Crippen LogP contribution is 2.24. The second kappa shape index (κ2) is 7.99. The summed E-state index contributed by atoms with van der Waals surface area (Å²) in [5, 5.41) is 4.18. The van der Waals surface area contributed by atoms with Crippen molar-refractivity contribution in [2.45, 2.75) is 51.1 Å². The Balaban J connectivity index is 1.37. The van der Waals surface area contributed by atoms with E-state index in [1.807, 2.05) is 35.2 Å². The van der Waals surface area contributed by atoms with Crippen molar-refractivity contribution in [1.82, 2.24) is 19.9 Å². The molecule has 1 amide bonds. The average Bonchev–Trinajstić information content (AvgIpc) is 3.31. The van der Waals surface area contributed by atoms with E-state index < -0.39 is 0 Å². The Morgan fingerprint density at radius 1 is 1.12 bits per heavy atom. The molecule has 2 fully saturated rings. The Morgan fingerprint density at radius 2 is 2.00 bits per heavy atom. The highest BCUT2D eigenvalue weighted by Gasteiger charge is 2.26. The predicted octanol–water partition coefficient (Wildman–Crippen LogP) is 3.10. The largest absolute Gasteiger partial charge is 0.343 e. The molecular weight excluding hydrogens is 328 g/mol. The average molecular weight is 354 g/mol. The van der Waals surface area contributed by atoms with Crippen LogP contribution in [0.3, 0.4) is 0 Å². The van der Waals surface area contributed by atoms with Crippen LogP contribution in [-0.4, -0.2) is 51.5 Å². The van der Waals surface area contributed by atoms with Gasteiger partial charge in [-0.2, -0.15) is 4.98 Å². The smallest absolute Gasteiger partial charge is 0.257 e. The number of carbonyl (C=O) groups is 1. The molecule has 1 aromatic heterocycles. The third kappa shape index (κ3) is 3.96. The van der Waals surface area contributed by atoms with E-state index in [-0.39, 0.29) is 0 Å². The SMILES string of the molecule is O=C1CCCN1CC[C@@H]1CCCCN1Cc1noc(-c2ccccc2)n1. The maximum absolute atomic E-state index is 11.8. The van der Waals surface area contributed by atoms with Crippen molar-refractivity contribution in [3.05, 3.63) is 36.2 Å². The van der Waals surface area contributed by atoms with Crippen molar-refractivity contribution in [2.75, 3.05) is 19.6 Å². The molecule has 1 aromatic carbocycles. The minimum Gasteiger partial charge on any atom is -0.343 e. The predicted molar refractivity (Wildman–Crippen MR) is 98.2 cm³/mol. The normalized spacial score (nSPS) is 21.5. The number of hydrogen-bond acceptors (Lipinski definition) is 5. The van der Waals surface area contributed by atoms with Gasteiger partial charge in [-0.25, -0.2) is 0 Å². The summed E-state index contributed by atoms with van der Waals surface area (Å²) in [4.78, 5) is 20.9. The third-order valence-corrected chi connectivity index (χ3v) is 5.49. The molecular formula is C20H26N4O2. The van der Waals surface area contributed by atoms with E-state index in [1.54, 1.807) is 0 Å². The van der Waals surface area contributed by atoms with Crippen molar-refractivity contribution >= 4 is 5.91 Å². The Morgan fingerprint density at radius 3 is 2.81 bits per heavy atom. The molecule has 2 aliphatic rings. The van der Waals surface area contributed by atoms with E-state index in [0.29, 0.717) is 17.8 Å². The van der Waals surface area contributed by atoms with Gasteiger partial charge in [0.15, 0.2) is 5.82 Å². The van der Waals surface area contributed by atoms with Crippen molar-refractivity contribution in [3.63, 3.8) is 0 Å². The number of nitrogens with zero attached hydrogens (tertiary/aromatic N) is 4. The monoisotopic (exact) mass is 354 g/mol. The van der Waals surface area contributed by atoms with Crippen molar-refractivity contribution < 1.29 is 9.32 Å². The van der Waals surface area contributed by atoms with E-state index in [0.717, 1.165) is 56.8 Å². The van der Waals surface area contributed by atoms with Gasteiger partial charge in [0.05, 0.1) is 6.54 Å². The van der Waals surface area contributed by atoms with Crippen LogP contribution >= 0.6 is 0 Å². The number of likely N-dealkylation sites (tertiary alicyclic amines) is 2. The Labute approximate surface area is 154 Å². The van der Waals surface area contributed by atoms with Crippen LogP contribution in [0.15, 0.2) is 34.9 Å². The summed E-state index contributed by atoms with van der Waals surface area (Å²) >= 11 is 0. The minimum atomic E-state index is 0.318. The van der Waals surface area contributed by atoms with Crippen LogP contribution < -0.4 is 0 Å². The molecule has 0 bridgehead atoms. The van der Waals surface area contributed by atoms with Gasteiger partial charge in [0.2, 0.25) is 5.91 Å². The maximum atomic E-state index is 11.8. The summed E-state index contributed by atoms with van der Waals surface area (Å²) in [6, 6.07) is 10.4. The molecule has 2 aliphatic heterocycles. The zero-order chi connectivity index (χ0) is 17.8. The highest BCUT2D eigenvalue weighted by atomic mass is 16.5. The lowest BCUT2D eigenvalue weighted by Crippen LogP contribution is -2.41. The first kappa shape index (κ1) is 17.2. The second-order valence-corrected chi connectivity index (χ2v) is 7.27. The molecule has 3 heterocycles. The van der Waals surface area contributed by atoms with Gasteiger partial charge in [0.1, 0.15) is 0 Å². The Kier molecular flexibility index (Phi) is 5.29. The molecule has 0 radical (unpaired) electrons. The molecule has 138 valence electrons. The molecule has 6 heteroatoms. The van der Waals surface area contributed by atoms with Gasteiger partial charge in [-0.05, 0) is 44.4 Å². The lowest BCUT2D eigenvalue weighted by molar-refractivity contribution is -0.127. The number of aromatic nitrogens is 2. The summed E-state index contributed by atoms with van der Waals surface area (Å²) in [7, 11) is 0. The molecule has 0 N–H and O–H groups in total. The number of rotatable bonds is 6. The second-order valence-electron chi connectivity index (χ2n) is 7.27. The highest BCUT2D eigenvalue weighted by molar-refractivity contribution is 5.78. The van der Waals surface area contributed by atoms with Crippen molar-refractivity contribution in [3.8, 4) is 11.5 Å². The Bertz CT molecular complexity index is 730. The molecule has 0 unspecified atom stereocenters. The van der Waals surface area contributed by atoms with Gasteiger partial charge in [-0.15, -0.1) is 0 Å². The van der Waals surface area contributed by atoms with Crippen LogP contribution in [0.5, 0.6) is 0 Å². The van der Waals surface area contributed by atoms with Gasteiger partial charge in [-0.1, -0.05) is 29.8 Å². The number of amides is 1. The van der Waals surface area contributed by atoms with E-state index in [9.17, 15) is 4.79 Å². The number of benzene rings is 1. The molecule has 0 spiro atoms. The lowest BCUT2D eigenvalue weighted by atomic mass is 9.99. The van der Waals surface area contributed by atoms with Crippen molar-refractivity contribution in [2.24, 2.45) is 0 Å². The van der Waals surface area contributed by atoms with Crippen LogP contribution in [-0.2, 0) is 11.3 Å². The first-order valence-electron chi connectivity index (χ1n) is 9.69. The number of piperidine rings is 1. The van der Waals surface area contributed by atoms with Gasteiger partial charge >= 0.3 is 0 Å². The van der Waals surface area contributed by atoms with Crippen LogP contribution in [0.4, 0.5) is 0 Å². The molecule has 1 atom stereocenters. The summed E-state index contributed by atoms with van der Waals surface area (Å²) in [6.45, 7) is 3.58. The van der Waals surface area contributed by atoms with Crippen LogP contribution in [0.1, 0.15) is 44.3 Å².